The van der Waals surface area contributed by atoms with Crippen molar-refractivity contribution in [2.45, 2.75) is 0 Å². The molecule has 1 aliphatic rings. The summed E-state index contributed by atoms with van der Waals surface area (Å²) >= 11 is 7.81. The third-order valence-corrected chi connectivity index (χ3v) is 5.23. The highest BCUT2D eigenvalue weighted by atomic mass is 35.5. The van der Waals surface area contributed by atoms with E-state index in [4.69, 9.17) is 16.1 Å². The molecule has 0 aliphatic carbocycles. The van der Waals surface area contributed by atoms with Crippen molar-refractivity contribution in [2.75, 3.05) is 31.1 Å². The maximum Gasteiger partial charge on any atom is 0.292 e. The van der Waals surface area contributed by atoms with Gasteiger partial charge < -0.3 is 14.3 Å². The Morgan fingerprint density at radius 2 is 2.04 bits per heavy atom. The molecule has 3 aromatic rings. The summed E-state index contributed by atoms with van der Waals surface area (Å²) in [5.74, 6) is 0.166. The molecule has 1 aliphatic heterocycles. The lowest BCUT2D eigenvalue weighted by Gasteiger charge is -2.33. The van der Waals surface area contributed by atoms with Crippen molar-refractivity contribution in [1.29, 1.82) is 0 Å². The van der Waals surface area contributed by atoms with Crippen LogP contribution >= 0.6 is 22.9 Å². The predicted molar refractivity (Wildman–Crippen MR) is 89.2 cm³/mol. The van der Waals surface area contributed by atoms with Gasteiger partial charge in [0, 0.05) is 32.2 Å². The summed E-state index contributed by atoms with van der Waals surface area (Å²) < 4.78 is 6.01. The van der Waals surface area contributed by atoms with Crippen LogP contribution < -0.4 is 4.90 Å². The number of hydrogen-bond donors (Lipinski definition) is 0. The number of amides is 1. The zero-order valence-corrected chi connectivity index (χ0v) is 13.7. The molecule has 1 saturated heterocycles. The first-order valence-electron chi connectivity index (χ1n) is 7.22. The standard InChI is InChI=1S/C15H13ClN4O2S/c16-10-2-1-3-12-13(10)18-15(23-12)20-8-6-19(7-9-20)14(21)11-4-5-17-22-11/h1-5H,6-9H2. The van der Waals surface area contributed by atoms with Gasteiger partial charge in [0.1, 0.15) is 5.52 Å². The summed E-state index contributed by atoms with van der Waals surface area (Å²) in [7, 11) is 0. The third kappa shape index (κ3) is 2.66. The number of carbonyl (C=O) groups is 1. The first-order chi connectivity index (χ1) is 11.2. The van der Waals surface area contributed by atoms with Gasteiger partial charge in [-0.25, -0.2) is 4.98 Å². The Kier molecular flexibility index (Phi) is 3.66. The summed E-state index contributed by atoms with van der Waals surface area (Å²) in [4.78, 5) is 20.8. The van der Waals surface area contributed by atoms with Gasteiger partial charge in [-0.3, -0.25) is 4.79 Å². The van der Waals surface area contributed by atoms with E-state index >= 15 is 0 Å². The molecule has 2 aromatic heterocycles. The quantitative estimate of drug-likeness (QED) is 0.712. The molecule has 118 valence electrons. The van der Waals surface area contributed by atoms with Crippen molar-refractivity contribution in [3.05, 3.63) is 41.2 Å². The summed E-state index contributed by atoms with van der Waals surface area (Å²) in [6.07, 6.45) is 1.48. The Hall–Kier alpha value is -2.12. The number of rotatable bonds is 2. The van der Waals surface area contributed by atoms with Gasteiger partial charge in [-0.2, -0.15) is 0 Å². The molecule has 0 saturated carbocycles. The van der Waals surface area contributed by atoms with E-state index in [1.54, 1.807) is 22.3 Å². The van der Waals surface area contributed by atoms with Crippen LogP contribution in [0.2, 0.25) is 5.02 Å². The Morgan fingerprint density at radius 1 is 1.22 bits per heavy atom. The number of carbonyl (C=O) groups excluding carboxylic acids is 1. The molecular formula is C15H13ClN4O2S. The fourth-order valence-electron chi connectivity index (χ4n) is 2.62. The van der Waals surface area contributed by atoms with Gasteiger partial charge >= 0.3 is 0 Å². The van der Waals surface area contributed by atoms with Gasteiger partial charge in [-0.05, 0) is 12.1 Å². The molecule has 3 heterocycles. The molecule has 0 N–H and O–H groups in total. The van der Waals surface area contributed by atoms with Crippen LogP contribution in [0.3, 0.4) is 0 Å². The summed E-state index contributed by atoms with van der Waals surface area (Å²) in [6.45, 7) is 2.72. The molecule has 0 spiro atoms. The maximum absolute atomic E-state index is 12.2. The van der Waals surface area contributed by atoms with E-state index in [-0.39, 0.29) is 11.7 Å². The Bertz CT molecular complexity index is 840. The number of halogens is 1. The number of nitrogens with zero attached hydrogens (tertiary/aromatic N) is 4. The lowest BCUT2D eigenvalue weighted by atomic mass is 10.3. The topological polar surface area (TPSA) is 62.5 Å². The number of piperazine rings is 1. The minimum atomic E-state index is -0.116. The molecule has 4 rings (SSSR count). The fourth-order valence-corrected chi connectivity index (χ4v) is 3.94. The molecule has 23 heavy (non-hydrogen) atoms. The van der Waals surface area contributed by atoms with E-state index in [2.05, 4.69) is 15.0 Å². The van der Waals surface area contributed by atoms with Crippen molar-refractivity contribution in [1.82, 2.24) is 15.0 Å². The second-order valence-electron chi connectivity index (χ2n) is 5.24. The van der Waals surface area contributed by atoms with Crippen LogP contribution in [0.15, 0.2) is 35.0 Å². The molecule has 1 aromatic carbocycles. The Balaban J connectivity index is 1.48. The summed E-state index contributed by atoms with van der Waals surface area (Å²) in [5.41, 5.74) is 0.842. The number of aromatic nitrogens is 2. The number of thiazole rings is 1. The van der Waals surface area contributed by atoms with E-state index in [9.17, 15) is 4.79 Å². The van der Waals surface area contributed by atoms with E-state index in [1.807, 2.05) is 18.2 Å². The van der Waals surface area contributed by atoms with E-state index < -0.39 is 0 Å². The van der Waals surface area contributed by atoms with Gasteiger partial charge in [-0.1, -0.05) is 34.2 Å². The molecule has 1 fully saturated rings. The number of hydrogen-bond acceptors (Lipinski definition) is 6. The SMILES string of the molecule is O=C(c1ccno1)N1CCN(c2nc3c(Cl)cccc3s2)CC1. The Morgan fingerprint density at radius 3 is 2.74 bits per heavy atom. The third-order valence-electron chi connectivity index (χ3n) is 3.84. The van der Waals surface area contributed by atoms with Crippen molar-refractivity contribution in [3.8, 4) is 0 Å². The predicted octanol–water partition coefficient (Wildman–Crippen LogP) is 2.90. The first-order valence-corrected chi connectivity index (χ1v) is 8.42. The number of fused-ring (bicyclic) bond motifs is 1. The highest BCUT2D eigenvalue weighted by Crippen LogP contribution is 2.33. The van der Waals surface area contributed by atoms with Crippen LogP contribution in [0.4, 0.5) is 5.13 Å². The zero-order valence-electron chi connectivity index (χ0n) is 12.1. The minimum absolute atomic E-state index is 0.116. The van der Waals surface area contributed by atoms with Crippen molar-refractivity contribution in [3.63, 3.8) is 0 Å². The largest absolute Gasteiger partial charge is 0.351 e. The van der Waals surface area contributed by atoms with E-state index in [0.29, 0.717) is 18.1 Å². The molecule has 0 radical (unpaired) electrons. The van der Waals surface area contributed by atoms with E-state index in [0.717, 1.165) is 28.4 Å². The highest BCUT2D eigenvalue weighted by Gasteiger charge is 2.25. The fraction of sp³-hybridized carbons (Fsp3) is 0.267. The summed E-state index contributed by atoms with van der Waals surface area (Å²) in [6, 6.07) is 7.39. The second-order valence-corrected chi connectivity index (χ2v) is 6.66. The number of para-hydroxylation sites is 1. The van der Waals surface area contributed by atoms with E-state index in [1.165, 1.54) is 6.20 Å². The maximum atomic E-state index is 12.2. The minimum Gasteiger partial charge on any atom is -0.351 e. The van der Waals surface area contributed by atoms with Crippen LogP contribution in [0.25, 0.3) is 10.2 Å². The number of anilines is 1. The van der Waals surface area contributed by atoms with Crippen molar-refractivity contribution in [2.24, 2.45) is 0 Å². The molecule has 0 unspecified atom stereocenters. The Labute approximate surface area is 141 Å². The number of benzene rings is 1. The zero-order chi connectivity index (χ0) is 15.8. The van der Waals surface area contributed by atoms with Gasteiger partial charge in [0.15, 0.2) is 5.13 Å². The van der Waals surface area contributed by atoms with Gasteiger partial charge in [0.25, 0.3) is 5.91 Å². The smallest absolute Gasteiger partial charge is 0.292 e. The lowest BCUT2D eigenvalue weighted by Crippen LogP contribution is -2.48. The first kappa shape index (κ1) is 14.5. The average Bonchev–Trinajstić information content (AvgIpc) is 3.24. The molecule has 0 bridgehead atoms. The monoisotopic (exact) mass is 348 g/mol. The molecule has 6 nitrogen and oxygen atoms in total. The van der Waals surface area contributed by atoms with Crippen molar-refractivity contribution < 1.29 is 9.32 Å². The highest BCUT2D eigenvalue weighted by molar-refractivity contribution is 7.22. The average molecular weight is 349 g/mol. The van der Waals surface area contributed by atoms with Gasteiger partial charge in [-0.15, -0.1) is 0 Å². The van der Waals surface area contributed by atoms with Crippen LogP contribution in [-0.4, -0.2) is 47.1 Å². The van der Waals surface area contributed by atoms with Crippen LogP contribution in [-0.2, 0) is 0 Å². The molecule has 0 atom stereocenters. The summed E-state index contributed by atoms with van der Waals surface area (Å²) in [5, 5.41) is 5.19. The lowest BCUT2D eigenvalue weighted by molar-refractivity contribution is 0.0705. The second kappa shape index (κ2) is 5.82. The molecule has 1 amide bonds. The van der Waals surface area contributed by atoms with Crippen molar-refractivity contribution >= 4 is 44.2 Å². The normalized spacial score (nSPS) is 15.3. The molecule has 8 heteroatoms. The van der Waals surface area contributed by atoms with Crippen LogP contribution in [0.5, 0.6) is 0 Å². The van der Waals surface area contributed by atoms with Crippen LogP contribution in [0, 0.1) is 0 Å². The molecular weight excluding hydrogens is 336 g/mol. The van der Waals surface area contributed by atoms with Gasteiger partial charge in [0.05, 0.1) is 15.9 Å². The van der Waals surface area contributed by atoms with Gasteiger partial charge in [0.2, 0.25) is 5.76 Å². The van der Waals surface area contributed by atoms with Crippen LogP contribution in [0.1, 0.15) is 10.6 Å².